The van der Waals surface area contributed by atoms with E-state index in [4.69, 9.17) is 0 Å². The van der Waals surface area contributed by atoms with Gasteiger partial charge < -0.3 is 5.32 Å². The number of rotatable bonds is 3. The monoisotopic (exact) mass is 376 g/mol. The number of amides is 1. The van der Waals surface area contributed by atoms with Gasteiger partial charge >= 0.3 is 6.18 Å². The molecule has 26 heavy (non-hydrogen) atoms. The number of alkyl halides is 3. The van der Waals surface area contributed by atoms with Crippen molar-refractivity contribution in [3.05, 3.63) is 65.1 Å². The molecule has 4 aromatic rings. The Bertz CT molecular complexity index is 1090. The Labute approximate surface area is 149 Å². The SMILES string of the molecule is O=C(NCc1cn2ccsc2n1)c1cnc2ccccc2c1C(F)(F)F. The van der Waals surface area contributed by atoms with Gasteiger partial charge in [0.1, 0.15) is 0 Å². The van der Waals surface area contributed by atoms with Crippen LogP contribution < -0.4 is 5.32 Å². The van der Waals surface area contributed by atoms with Crippen molar-refractivity contribution in [2.24, 2.45) is 0 Å². The average Bonchev–Trinajstić information content (AvgIpc) is 3.19. The number of hydrogen-bond acceptors (Lipinski definition) is 4. The van der Waals surface area contributed by atoms with Gasteiger partial charge in [-0.3, -0.25) is 14.2 Å². The second kappa shape index (κ2) is 6.10. The lowest BCUT2D eigenvalue weighted by Gasteiger charge is -2.15. The standard InChI is InChI=1S/C17H11F3N4OS/c18-17(19,20)14-11-3-1-2-4-13(11)21-8-12(14)15(25)22-7-10-9-24-5-6-26-16(24)23-10/h1-6,8-9H,7H2,(H,22,25). The molecule has 0 aliphatic carbocycles. The number of hydrogen-bond donors (Lipinski definition) is 1. The summed E-state index contributed by atoms with van der Waals surface area (Å²) >= 11 is 1.43. The van der Waals surface area contributed by atoms with Crippen molar-refractivity contribution in [3.63, 3.8) is 0 Å². The van der Waals surface area contributed by atoms with Gasteiger partial charge in [-0.05, 0) is 6.07 Å². The zero-order valence-electron chi connectivity index (χ0n) is 13.1. The zero-order chi connectivity index (χ0) is 18.3. The summed E-state index contributed by atoms with van der Waals surface area (Å²) in [6.45, 7) is 0.0252. The summed E-state index contributed by atoms with van der Waals surface area (Å²) in [6.07, 6.45) is -0.179. The predicted molar refractivity (Wildman–Crippen MR) is 91.0 cm³/mol. The molecule has 0 fully saturated rings. The van der Waals surface area contributed by atoms with E-state index in [1.54, 1.807) is 16.7 Å². The first-order chi connectivity index (χ1) is 12.4. The number of thiazole rings is 1. The number of pyridine rings is 1. The average molecular weight is 376 g/mol. The second-order valence-electron chi connectivity index (χ2n) is 5.57. The fourth-order valence-electron chi connectivity index (χ4n) is 2.75. The lowest BCUT2D eigenvalue weighted by molar-refractivity contribution is -0.136. The summed E-state index contributed by atoms with van der Waals surface area (Å²) in [5.74, 6) is -0.841. The van der Waals surface area contributed by atoms with Crippen LogP contribution in [0.15, 0.2) is 48.2 Å². The molecule has 132 valence electrons. The molecule has 0 bridgehead atoms. The third-order valence-electron chi connectivity index (χ3n) is 3.88. The van der Waals surface area contributed by atoms with Gasteiger partial charge in [0, 0.05) is 29.4 Å². The normalized spacial score (nSPS) is 12.0. The van der Waals surface area contributed by atoms with Crippen LogP contribution in [0.25, 0.3) is 15.9 Å². The van der Waals surface area contributed by atoms with E-state index in [1.807, 2.05) is 11.6 Å². The predicted octanol–water partition coefficient (Wildman–Crippen LogP) is 3.89. The fraction of sp³-hybridized carbons (Fsp3) is 0.118. The molecule has 0 saturated carbocycles. The maximum Gasteiger partial charge on any atom is 0.417 e. The number of nitrogens with one attached hydrogen (secondary N) is 1. The van der Waals surface area contributed by atoms with Gasteiger partial charge in [-0.15, -0.1) is 11.3 Å². The number of carbonyl (C=O) groups excluding carboxylic acids is 1. The topological polar surface area (TPSA) is 59.3 Å². The Hall–Kier alpha value is -2.94. The number of imidazole rings is 1. The van der Waals surface area contributed by atoms with Crippen molar-refractivity contribution in [1.82, 2.24) is 19.7 Å². The van der Waals surface area contributed by atoms with Crippen molar-refractivity contribution in [1.29, 1.82) is 0 Å². The Balaban J connectivity index is 1.66. The smallest absolute Gasteiger partial charge is 0.346 e. The highest BCUT2D eigenvalue weighted by Gasteiger charge is 2.37. The van der Waals surface area contributed by atoms with E-state index < -0.39 is 23.2 Å². The van der Waals surface area contributed by atoms with E-state index in [1.165, 1.54) is 29.5 Å². The van der Waals surface area contributed by atoms with Crippen molar-refractivity contribution >= 4 is 33.1 Å². The lowest BCUT2D eigenvalue weighted by Crippen LogP contribution is -2.26. The van der Waals surface area contributed by atoms with Crippen molar-refractivity contribution < 1.29 is 18.0 Å². The molecular formula is C17H11F3N4OS. The summed E-state index contributed by atoms with van der Waals surface area (Å²) < 4.78 is 42.5. The molecule has 0 aliphatic rings. The Kier molecular flexibility index (Phi) is 3.87. The number of fused-ring (bicyclic) bond motifs is 2. The van der Waals surface area contributed by atoms with Gasteiger partial charge in [0.15, 0.2) is 4.96 Å². The molecule has 1 N–H and O–H groups in total. The number of halogens is 3. The molecule has 1 aromatic carbocycles. The first-order valence-corrected chi connectivity index (χ1v) is 8.45. The number of carbonyl (C=O) groups is 1. The van der Waals surface area contributed by atoms with E-state index >= 15 is 0 Å². The summed E-state index contributed by atoms with van der Waals surface area (Å²) in [4.78, 5) is 21.4. The summed E-state index contributed by atoms with van der Waals surface area (Å²) in [5.41, 5.74) is -0.734. The van der Waals surface area contributed by atoms with Crippen LogP contribution in [0.4, 0.5) is 13.2 Å². The molecule has 3 heterocycles. The first kappa shape index (κ1) is 16.5. The summed E-state index contributed by atoms with van der Waals surface area (Å²) in [5, 5.41) is 4.25. The van der Waals surface area contributed by atoms with Crippen molar-refractivity contribution in [2.75, 3.05) is 0 Å². The minimum Gasteiger partial charge on any atom is -0.346 e. The molecule has 9 heteroatoms. The minimum atomic E-state index is -4.67. The number of aromatic nitrogens is 3. The molecule has 0 saturated heterocycles. The number of nitrogens with zero attached hydrogens (tertiary/aromatic N) is 3. The van der Waals surface area contributed by atoms with E-state index in [9.17, 15) is 18.0 Å². The Morgan fingerprint density at radius 2 is 2.08 bits per heavy atom. The Morgan fingerprint density at radius 3 is 2.85 bits per heavy atom. The van der Waals surface area contributed by atoms with Crippen LogP contribution in [0.2, 0.25) is 0 Å². The van der Waals surface area contributed by atoms with Crippen LogP contribution in [-0.2, 0) is 12.7 Å². The third kappa shape index (κ3) is 2.90. The molecule has 0 radical (unpaired) electrons. The largest absolute Gasteiger partial charge is 0.417 e. The third-order valence-corrected chi connectivity index (χ3v) is 4.65. The van der Waals surface area contributed by atoms with Gasteiger partial charge in [0.2, 0.25) is 0 Å². The van der Waals surface area contributed by atoms with Crippen LogP contribution in [0.3, 0.4) is 0 Å². The lowest BCUT2D eigenvalue weighted by atomic mass is 10.0. The molecule has 5 nitrogen and oxygen atoms in total. The fourth-order valence-corrected chi connectivity index (χ4v) is 3.47. The van der Waals surface area contributed by atoms with Crippen LogP contribution >= 0.6 is 11.3 Å². The summed E-state index contributed by atoms with van der Waals surface area (Å²) in [6, 6.07) is 5.87. The van der Waals surface area contributed by atoms with Gasteiger partial charge in [0.05, 0.1) is 28.9 Å². The zero-order valence-corrected chi connectivity index (χ0v) is 13.9. The van der Waals surface area contributed by atoms with Gasteiger partial charge in [-0.1, -0.05) is 18.2 Å². The van der Waals surface area contributed by atoms with Crippen molar-refractivity contribution in [3.8, 4) is 0 Å². The molecule has 3 aromatic heterocycles. The highest BCUT2D eigenvalue weighted by atomic mass is 32.1. The molecule has 0 spiro atoms. The first-order valence-electron chi connectivity index (χ1n) is 7.58. The highest BCUT2D eigenvalue weighted by Crippen LogP contribution is 2.36. The molecule has 0 atom stereocenters. The van der Waals surface area contributed by atoms with E-state index in [0.717, 1.165) is 11.2 Å². The molecule has 0 aliphatic heterocycles. The number of para-hydroxylation sites is 1. The maximum atomic E-state index is 13.6. The van der Waals surface area contributed by atoms with E-state index in [-0.39, 0.29) is 17.4 Å². The molecular weight excluding hydrogens is 365 g/mol. The van der Waals surface area contributed by atoms with Gasteiger partial charge in [0.25, 0.3) is 5.91 Å². The van der Waals surface area contributed by atoms with Crippen LogP contribution in [0.5, 0.6) is 0 Å². The van der Waals surface area contributed by atoms with Gasteiger partial charge in [-0.25, -0.2) is 4.98 Å². The molecule has 0 unspecified atom stereocenters. The summed E-state index contributed by atoms with van der Waals surface area (Å²) in [7, 11) is 0. The number of benzene rings is 1. The van der Waals surface area contributed by atoms with Crippen LogP contribution in [0.1, 0.15) is 21.6 Å². The Morgan fingerprint density at radius 1 is 1.27 bits per heavy atom. The van der Waals surface area contributed by atoms with Crippen LogP contribution in [0, 0.1) is 0 Å². The molecule has 4 rings (SSSR count). The van der Waals surface area contributed by atoms with Crippen molar-refractivity contribution in [2.45, 2.75) is 12.7 Å². The van der Waals surface area contributed by atoms with E-state index in [2.05, 4.69) is 15.3 Å². The van der Waals surface area contributed by atoms with E-state index in [0.29, 0.717) is 5.69 Å². The van der Waals surface area contributed by atoms with Crippen LogP contribution in [-0.4, -0.2) is 20.3 Å². The maximum absolute atomic E-state index is 13.6. The quantitative estimate of drug-likeness (QED) is 0.590. The van der Waals surface area contributed by atoms with Gasteiger partial charge in [-0.2, -0.15) is 13.2 Å². The minimum absolute atomic E-state index is 0.0252. The highest BCUT2D eigenvalue weighted by molar-refractivity contribution is 7.15. The second-order valence-corrected chi connectivity index (χ2v) is 6.44. The molecule has 1 amide bonds.